The highest BCUT2D eigenvalue weighted by Crippen LogP contribution is 2.25. The molecule has 0 aliphatic carbocycles. The number of amides is 2. The van der Waals surface area contributed by atoms with E-state index in [1.165, 1.54) is 11.3 Å². The maximum absolute atomic E-state index is 12.5. The smallest absolute Gasteiger partial charge is 0.322 e. The summed E-state index contributed by atoms with van der Waals surface area (Å²) >= 11 is 3.49. The van der Waals surface area contributed by atoms with Crippen LogP contribution in [0.3, 0.4) is 0 Å². The molecule has 1 saturated heterocycles. The van der Waals surface area contributed by atoms with Crippen LogP contribution in [-0.4, -0.2) is 37.1 Å². The number of benzene rings is 2. The van der Waals surface area contributed by atoms with Crippen LogP contribution in [0.5, 0.6) is 0 Å². The summed E-state index contributed by atoms with van der Waals surface area (Å²) in [6.07, 6.45) is 0. The number of piperazine rings is 1. The zero-order valence-electron chi connectivity index (χ0n) is 14.0. The monoisotopic (exact) mass is 398 g/mol. The summed E-state index contributed by atoms with van der Waals surface area (Å²) < 4.78 is 1.07. The largest absolute Gasteiger partial charge is 0.368 e. The average molecular weight is 399 g/mol. The molecule has 25 heavy (non-hydrogen) atoms. The average Bonchev–Trinajstić information content (AvgIpc) is 2.62. The first kappa shape index (κ1) is 17.3. The van der Waals surface area contributed by atoms with E-state index in [0.717, 1.165) is 17.6 Å². The molecule has 2 amide bonds. The number of hydrogen-bond acceptors (Lipinski definition) is 3. The fraction of sp³-hybridized carbons (Fsp3) is 0.263. The van der Waals surface area contributed by atoms with Gasteiger partial charge in [0, 0.05) is 36.3 Å². The van der Waals surface area contributed by atoms with Crippen LogP contribution in [0, 0.1) is 18.3 Å². The lowest BCUT2D eigenvalue weighted by Crippen LogP contribution is -2.50. The third-order valence-corrected chi connectivity index (χ3v) is 4.85. The number of nitrogens with zero attached hydrogens (tertiary/aromatic N) is 3. The van der Waals surface area contributed by atoms with E-state index in [2.05, 4.69) is 51.3 Å². The van der Waals surface area contributed by atoms with Crippen LogP contribution >= 0.6 is 15.9 Å². The summed E-state index contributed by atoms with van der Waals surface area (Å²) in [5.74, 6) is 0. The van der Waals surface area contributed by atoms with Crippen molar-refractivity contribution in [2.24, 2.45) is 0 Å². The van der Waals surface area contributed by atoms with Gasteiger partial charge >= 0.3 is 6.03 Å². The topological polar surface area (TPSA) is 59.4 Å². The highest BCUT2D eigenvalue weighted by molar-refractivity contribution is 9.10. The highest BCUT2D eigenvalue weighted by Gasteiger charge is 2.22. The number of hydrogen-bond donors (Lipinski definition) is 1. The molecule has 5 nitrogen and oxygen atoms in total. The van der Waals surface area contributed by atoms with E-state index in [9.17, 15) is 4.79 Å². The second-order valence-corrected chi connectivity index (χ2v) is 6.91. The Bertz CT molecular complexity index is 822. The fourth-order valence-electron chi connectivity index (χ4n) is 3.01. The van der Waals surface area contributed by atoms with Gasteiger partial charge in [-0.3, -0.25) is 0 Å². The second kappa shape index (κ2) is 7.58. The molecule has 1 aliphatic rings. The van der Waals surface area contributed by atoms with Gasteiger partial charge in [0.25, 0.3) is 0 Å². The van der Waals surface area contributed by atoms with E-state index in [1.54, 1.807) is 23.1 Å². The Kier molecular flexibility index (Phi) is 5.25. The molecule has 1 N–H and O–H groups in total. The van der Waals surface area contributed by atoms with Crippen LogP contribution in [0.2, 0.25) is 0 Å². The fourth-order valence-corrected chi connectivity index (χ4v) is 3.48. The van der Waals surface area contributed by atoms with E-state index in [0.29, 0.717) is 24.3 Å². The lowest BCUT2D eigenvalue weighted by Gasteiger charge is -2.36. The minimum absolute atomic E-state index is 0.158. The number of aryl methyl sites for hydroxylation is 1. The van der Waals surface area contributed by atoms with Crippen LogP contribution < -0.4 is 10.2 Å². The molecule has 2 aromatic rings. The van der Waals surface area contributed by atoms with Crippen LogP contribution in [0.1, 0.15) is 11.1 Å². The molecule has 0 radical (unpaired) electrons. The molecule has 128 valence electrons. The number of nitriles is 1. The first-order chi connectivity index (χ1) is 12.1. The Balaban J connectivity index is 1.62. The molecule has 3 rings (SSSR count). The van der Waals surface area contributed by atoms with Crippen molar-refractivity contribution in [1.82, 2.24) is 4.90 Å². The van der Waals surface area contributed by atoms with Crippen molar-refractivity contribution in [3.63, 3.8) is 0 Å². The number of halogens is 1. The zero-order chi connectivity index (χ0) is 17.8. The number of rotatable bonds is 2. The molecular weight excluding hydrogens is 380 g/mol. The predicted molar refractivity (Wildman–Crippen MR) is 103 cm³/mol. The van der Waals surface area contributed by atoms with Gasteiger partial charge in [-0.2, -0.15) is 5.26 Å². The van der Waals surface area contributed by atoms with Crippen molar-refractivity contribution < 1.29 is 4.79 Å². The predicted octanol–water partition coefficient (Wildman–Crippen LogP) is 3.98. The molecule has 6 heteroatoms. The van der Waals surface area contributed by atoms with E-state index < -0.39 is 0 Å². The van der Waals surface area contributed by atoms with Gasteiger partial charge in [-0.25, -0.2) is 4.79 Å². The van der Waals surface area contributed by atoms with Gasteiger partial charge < -0.3 is 15.1 Å². The van der Waals surface area contributed by atoms with Crippen LogP contribution in [0.25, 0.3) is 0 Å². The summed E-state index contributed by atoms with van der Waals surface area (Å²) in [6.45, 7) is 4.97. The van der Waals surface area contributed by atoms with Crippen molar-refractivity contribution >= 4 is 33.3 Å². The molecule has 0 aromatic heterocycles. The third kappa shape index (κ3) is 3.94. The van der Waals surface area contributed by atoms with Crippen molar-refractivity contribution in [2.75, 3.05) is 36.4 Å². The molecule has 1 heterocycles. The minimum atomic E-state index is -0.158. The van der Waals surface area contributed by atoms with Crippen molar-refractivity contribution in [3.05, 3.63) is 58.1 Å². The SMILES string of the molecule is Cc1cc(Br)ccc1N1CCN(C(=O)Nc2ccccc2C#N)CC1. The summed E-state index contributed by atoms with van der Waals surface area (Å²) in [5.41, 5.74) is 3.45. The standard InChI is InChI=1S/C19H19BrN4O/c1-14-12-16(20)6-7-18(14)23-8-10-24(11-9-23)19(25)22-17-5-3-2-4-15(17)13-21/h2-7,12H,8-11H2,1H3,(H,22,25). The van der Waals surface area contributed by atoms with Crippen molar-refractivity contribution in [3.8, 4) is 6.07 Å². The van der Waals surface area contributed by atoms with E-state index in [-0.39, 0.29) is 6.03 Å². The van der Waals surface area contributed by atoms with Crippen molar-refractivity contribution in [2.45, 2.75) is 6.92 Å². The van der Waals surface area contributed by atoms with Gasteiger partial charge in [-0.05, 0) is 42.8 Å². The first-order valence-corrected chi connectivity index (χ1v) is 8.94. The Morgan fingerprint density at radius 2 is 1.88 bits per heavy atom. The van der Waals surface area contributed by atoms with Gasteiger partial charge in [-0.15, -0.1) is 0 Å². The first-order valence-electron chi connectivity index (χ1n) is 8.14. The van der Waals surface area contributed by atoms with E-state index in [4.69, 9.17) is 5.26 Å². The number of carbonyl (C=O) groups excluding carboxylic acids is 1. The second-order valence-electron chi connectivity index (χ2n) is 5.99. The molecule has 0 spiro atoms. The van der Waals surface area contributed by atoms with Crippen molar-refractivity contribution in [1.29, 1.82) is 5.26 Å². The van der Waals surface area contributed by atoms with Gasteiger partial charge in [0.15, 0.2) is 0 Å². The lowest BCUT2D eigenvalue weighted by molar-refractivity contribution is 0.208. The molecule has 0 saturated carbocycles. The summed E-state index contributed by atoms with van der Waals surface area (Å²) in [7, 11) is 0. The molecule has 1 aliphatic heterocycles. The minimum Gasteiger partial charge on any atom is -0.368 e. The van der Waals surface area contributed by atoms with E-state index >= 15 is 0 Å². The normalized spacial score (nSPS) is 14.1. The Hall–Kier alpha value is -2.52. The zero-order valence-corrected chi connectivity index (χ0v) is 15.6. The third-order valence-electron chi connectivity index (χ3n) is 4.36. The maximum atomic E-state index is 12.5. The number of para-hydroxylation sites is 1. The Labute approximate surface area is 156 Å². The molecule has 0 unspecified atom stereocenters. The van der Waals surface area contributed by atoms with Crippen LogP contribution in [0.15, 0.2) is 46.9 Å². The lowest BCUT2D eigenvalue weighted by atomic mass is 10.1. The molecule has 0 bridgehead atoms. The van der Waals surface area contributed by atoms with Crippen LogP contribution in [-0.2, 0) is 0 Å². The van der Waals surface area contributed by atoms with Gasteiger partial charge in [0.05, 0.1) is 11.3 Å². The highest BCUT2D eigenvalue weighted by atomic mass is 79.9. The van der Waals surface area contributed by atoms with E-state index in [1.807, 2.05) is 12.1 Å². The quantitative estimate of drug-likeness (QED) is 0.831. The molecule has 2 aromatic carbocycles. The molecular formula is C19H19BrN4O. The van der Waals surface area contributed by atoms with Gasteiger partial charge in [-0.1, -0.05) is 28.1 Å². The summed E-state index contributed by atoms with van der Waals surface area (Å²) in [4.78, 5) is 16.6. The Morgan fingerprint density at radius 3 is 2.56 bits per heavy atom. The van der Waals surface area contributed by atoms with Gasteiger partial charge in [0.2, 0.25) is 0 Å². The molecule has 1 fully saturated rings. The number of carbonyl (C=O) groups is 1. The van der Waals surface area contributed by atoms with Crippen LogP contribution in [0.4, 0.5) is 16.2 Å². The summed E-state index contributed by atoms with van der Waals surface area (Å²) in [5, 5.41) is 12.0. The maximum Gasteiger partial charge on any atom is 0.322 e. The van der Waals surface area contributed by atoms with Gasteiger partial charge in [0.1, 0.15) is 6.07 Å². The summed E-state index contributed by atoms with van der Waals surface area (Å²) in [6, 6.07) is 15.2. The number of urea groups is 1. The molecule has 0 atom stereocenters. The number of nitrogens with one attached hydrogen (secondary N) is 1. The number of anilines is 2. The Morgan fingerprint density at radius 1 is 1.16 bits per heavy atom.